The van der Waals surface area contributed by atoms with Crippen LogP contribution in [0.1, 0.15) is 32.3 Å². The molecule has 9 nitrogen and oxygen atoms in total. The molecule has 2 aliphatic heterocycles. The number of morpholine rings is 1. The van der Waals surface area contributed by atoms with Gasteiger partial charge in [-0.05, 0) is 32.1 Å². The van der Waals surface area contributed by atoms with E-state index in [1.165, 1.54) is 12.4 Å². The van der Waals surface area contributed by atoms with Crippen LogP contribution in [0.3, 0.4) is 0 Å². The highest BCUT2D eigenvalue weighted by atomic mass is 31.0. The van der Waals surface area contributed by atoms with Crippen LogP contribution >= 0.6 is 9.24 Å². The highest BCUT2D eigenvalue weighted by Crippen LogP contribution is 2.29. The van der Waals surface area contributed by atoms with E-state index >= 15 is 0 Å². The van der Waals surface area contributed by atoms with Crippen molar-refractivity contribution in [3.63, 3.8) is 0 Å². The van der Waals surface area contributed by atoms with E-state index in [2.05, 4.69) is 24.5 Å². The number of aromatic nitrogens is 2. The molecule has 190 valence electrons. The predicted octanol–water partition coefficient (Wildman–Crippen LogP) is 3.39. The molecule has 2 saturated heterocycles. The van der Waals surface area contributed by atoms with Crippen LogP contribution < -0.4 is 20.3 Å². The summed E-state index contributed by atoms with van der Waals surface area (Å²) in [7, 11) is 2.66. The van der Waals surface area contributed by atoms with Crippen molar-refractivity contribution in [1.82, 2.24) is 14.9 Å². The number of benzene rings is 1. The SMILES string of the molecule is Cc1c(Nc2cc(F)c(N3CCOCC3)cc2P)ncnc1OC1CCN(C(=O)OC(C)C)CC1. The Labute approximate surface area is 207 Å². The summed E-state index contributed by atoms with van der Waals surface area (Å²) in [4.78, 5) is 24.5. The van der Waals surface area contributed by atoms with Crippen LogP contribution in [0.5, 0.6) is 5.88 Å². The Morgan fingerprint density at radius 3 is 2.60 bits per heavy atom. The Morgan fingerprint density at radius 1 is 1.20 bits per heavy atom. The minimum absolute atomic E-state index is 0.0675. The van der Waals surface area contributed by atoms with E-state index in [1.807, 2.05) is 31.7 Å². The summed E-state index contributed by atoms with van der Waals surface area (Å²) in [6.45, 7) is 9.19. The molecule has 0 saturated carbocycles. The lowest BCUT2D eigenvalue weighted by Crippen LogP contribution is -2.42. The molecule has 0 radical (unpaired) electrons. The Morgan fingerprint density at radius 2 is 1.91 bits per heavy atom. The quantitative estimate of drug-likeness (QED) is 0.598. The van der Waals surface area contributed by atoms with E-state index in [1.54, 1.807) is 4.90 Å². The zero-order valence-electron chi connectivity index (χ0n) is 20.4. The zero-order chi connectivity index (χ0) is 24.9. The molecule has 1 amide bonds. The van der Waals surface area contributed by atoms with Crippen molar-refractivity contribution in [3.8, 4) is 5.88 Å². The predicted molar refractivity (Wildman–Crippen MR) is 136 cm³/mol. The number of anilines is 3. The van der Waals surface area contributed by atoms with Gasteiger partial charge < -0.3 is 29.3 Å². The van der Waals surface area contributed by atoms with Crippen LogP contribution in [0.25, 0.3) is 0 Å². The molecule has 35 heavy (non-hydrogen) atoms. The molecule has 2 aromatic rings. The maximum absolute atomic E-state index is 14.9. The fraction of sp³-hybridized carbons (Fsp3) is 0.542. The third-order valence-electron chi connectivity index (χ3n) is 6.08. The zero-order valence-corrected chi connectivity index (χ0v) is 21.6. The number of carbonyl (C=O) groups excluding carboxylic acids is 1. The molecular weight excluding hydrogens is 472 g/mol. The van der Waals surface area contributed by atoms with Crippen LogP contribution in [0.4, 0.5) is 26.4 Å². The van der Waals surface area contributed by atoms with Gasteiger partial charge in [0.1, 0.15) is 24.1 Å². The number of hydrogen-bond donors (Lipinski definition) is 1. The summed E-state index contributed by atoms with van der Waals surface area (Å²) >= 11 is 0. The molecule has 11 heteroatoms. The lowest BCUT2D eigenvalue weighted by Gasteiger charge is -2.32. The lowest BCUT2D eigenvalue weighted by molar-refractivity contribution is 0.0505. The number of amides is 1. The molecule has 2 aliphatic rings. The summed E-state index contributed by atoms with van der Waals surface area (Å²) in [6, 6.07) is 3.31. The first kappa shape index (κ1) is 25.4. The van der Waals surface area contributed by atoms with Crippen LogP contribution in [0.15, 0.2) is 18.5 Å². The molecule has 1 aromatic heterocycles. The summed E-state index contributed by atoms with van der Waals surface area (Å²) in [5.41, 5.74) is 1.90. The van der Waals surface area contributed by atoms with Crippen molar-refractivity contribution in [2.45, 2.75) is 45.8 Å². The molecular formula is C24H33FN5O4P. The van der Waals surface area contributed by atoms with E-state index < -0.39 is 0 Å². The number of likely N-dealkylation sites (tertiary alicyclic amines) is 1. The van der Waals surface area contributed by atoms with Gasteiger partial charge in [-0.3, -0.25) is 0 Å². The fourth-order valence-corrected chi connectivity index (χ4v) is 4.44. The lowest BCUT2D eigenvalue weighted by atomic mass is 10.1. The number of nitrogens with one attached hydrogen (secondary N) is 1. The monoisotopic (exact) mass is 505 g/mol. The third kappa shape index (κ3) is 6.30. The second kappa shape index (κ2) is 11.4. The number of piperidine rings is 1. The van der Waals surface area contributed by atoms with E-state index in [-0.39, 0.29) is 24.1 Å². The topological polar surface area (TPSA) is 89.1 Å². The second-order valence-electron chi connectivity index (χ2n) is 9.00. The van der Waals surface area contributed by atoms with Crippen LogP contribution in [-0.4, -0.2) is 72.6 Å². The first-order valence-corrected chi connectivity index (χ1v) is 12.5. The van der Waals surface area contributed by atoms with Crippen molar-refractivity contribution in [1.29, 1.82) is 0 Å². The number of hydrogen-bond acceptors (Lipinski definition) is 8. The Bertz CT molecular complexity index is 1040. The fourth-order valence-electron chi connectivity index (χ4n) is 4.13. The number of nitrogens with zero attached hydrogens (tertiary/aromatic N) is 4. The summed E-state index contributed by atoms with van der Waals surface area (Å²) in [5, 5.41) is 4.05. The second-order valence-corrected chi connectivity index (χ2v) is 9.63. The molecule has 0 spiro atoms. The molecule has 1 unspecified atom stereocenters. The molecule has 1 atom stereocenters. The van der Waals surface area contributed by atoms with Gasteiger partial charge in [0.15, 0.2) is 0 Å². The molecule has 0 bridgehead atoms. The molecule has 0 aliphatic carbocycles. The maximum atomic E-state index is 14.9. The van der Waals surface area contributed by atoms with Crippen molar-refractivity contribution in [2.75, 3.05) is 49.6 Å². The first-order chi connectivity index (χ1) is 16.8. The normalized spacial score (nSPS) is 17.0. The maximum Gasteiger partial charge on any atom is 0.410 e. The van der Waals surface area contributed by atoms with Crippen LogP contribution in [-0.2, 0) is 9.47 Å². The smallest absolute Gasteiger partial charge is 0.410 e. The first-order valence-electron chi connectivity index (χ1n) is 11.9. The summed E-state index contributed by atoms with van der Waals surface area (Å²) in [5.74, 6) is 0.725. The molecule has 3 heterocycles. The molecule has 4 rings (SSSR count). The summed E-state index contributed by atoms with van der Waals surface area (Å²) < 4.78 is 31.7. The molecule has 1 aromatic carbocycles. The van der Waals surface area contributed by atoms with Crippen molar-refractivity contribution in [2.24, 2.45) is 0 Å². The van der Waals surface area contributed by atoms with E-state index in [0.717, 1.165) is 10.9 Å². The third-order valence-corrected chi connectivity index (χ3v) is 6.55. The summed E-state index contributed by atoms with van der Waals surface area (Å²) in [6.07, 6.45) is 2.30. The Hall–Kier alpha value is -2.71. The van der Waals surface area contributed by atoms with Gasteiger partial charge in [-0.25, -0.2) is 19.2 Å². The highest BCUT2D eigenvalue weighted by Gasteiger charge is 2.26. The Kier molecular flexibility index (Phi) is 8.23. The average molecular weight is 506 g/mol. The average Bonchev–Trinajstić information content (AvgIpc) is 2.84. The van der Waals surface area contributed by atoms with E-state index in [4.69, 9.17) is 14.2 Å². The van der Waals surface area contributed by atoms with Gasteiger partial charge in [0.2, 0.25) is 5.88 Å². The van der Waals surface area contributed by atoms with Gasteiger partial charge in [0, 0.05) is 50.8 Å². The van der Waals surface area contributed by atoms with E-state index in [0.29, 0.717) is 75.3 Å². The van der Waals surface area contributed by atoms with Crippen molar-refractivity contribution < 1.29 is 23.4 Å². The van der Waals surface area contributed by atoms with Gasteiger partial charge in [-0.15, -0.1) is 9.24 Å². The van der Waals surface area contributed by atoms with Gasteiger partial charge in [-0.1, -0.05) is 0 Å². The van der Waals surface area contributed by atoms with Gasteiger partial charge in [0.05, 0.1) is 30.6 Å². The van der Waals surface area contributed by atoms with Crippen LogP contribution in [0.2, 0.25) is 0 Å². The van der Waals surface area contributed by atoms with Gasteiger partial charge >= 0.3 is 6.09 Å². The van der Waals surface area contributed by atoms with Gasteiger partial charge in [0.25, 0.3) is 0 Å². The number of rotatable bonds is 6. The molecule has 1 N–H and O–H groups in total. The minimum Gasteiger partial charge on any atom is -0.474 e. The molecule has 2 fully saturated rings. The van der Waals surface area contributed by atoms with Gasteiger partial charge in [-0.2, -0.15) is 0 Å². The number of halogens is 1. The number of ether oxygens (including phenoxy) is 3. The number of carbonyl (C=O) groups is 1. The standard InChI is InChI=1S/C24H33FN5O4P/c1-15(2)33-24(31)30-6-4-17(5-7-30)34-23-16(3)22(26-14-27-23)28-19-12-18(25)20(13-21(19)35)29-8-10-32-11-9-29/h12-15,17H,4-11,35H2,1-3H3,(H,26,27,28). The highest BCUT2D eigenvalue weighted by molar-refractivity contribution is 7.28. The van der Waals surface area contributed by atoms with Crippen molar-refractivity contribution >= 4 is 37.8 Å². The largest absolute Gasteiger partial charge is 0.474 e. The van der Waals surface area contributed by atoms with E-state index in [9.17, 15) is 9.18 Å². The van der Waals surface area contributed by atoms with Crippen LogP contribution in [0, 0.1) is 12.7 Å². The van der Waals surface area contributed by atoms with Crippen molar-refractivity contribution in [3.05, 3.63) is 29.8 Å². The Balaban J connectivity index is 1.41. The minimum atomic E-state index is -0.300.